The maximum atomic E-state index is 11.7. The van der Waals surface area contributed by atoms with Crippen molar-refractivity contribution in [1.29, 1.82) is 0 Å². The smallest absolute Gasteiger partial charge is 0.222 e. The molecule has 3 heteroatoms. The van der Waals surface area contributed by atoms with E-state index in [9.17, 15) is 9.90 Å². The summed E-state index contributed by atoms with van der Waals surface area (Å²) >= 11 is 0. The molecule has 23 heavy (non-hydrogen) atoms. The molecule has 3 nitrogen and oxygen atoms in total. The van der Waals surface area contributed by atoms with Gasteiger partial charge >= 0.3 is 0 Å². The van der Waals surface area contributed by atoms with Crippen molar-refractivity contribution in [1.82, 2.24) is 5.32 Å². The minimum absolute atomic E-state index is 0.0481. The number of unbranched alkanes of at least 4 members (excludes halogenated alkanes) is 10. The molecule has 0 fully saturated rings. The summed E-state index contributed by atoms with van der Waals surface area (Å²) in [6.45, 7) is 8.14. The molecule has 0 aromatic heterocycles. The lowest BCUT2D eigenvalue weighted by atomic mass is 10.0. The first-order valence-electron chi connectivity index (χ1n) is 9.84. The predicted molar refractivity (Wildman–Crippen MR) is 99.6 cm³/mol. The molecule has 1 atom stereocenters. The summed E-state index contributed by atoms with van der Waals surface area (Å²) in [5, 5.41) is 12.8. The molecule has 0 aliphatic rings. The van der Waals surface area contributed by atoms with Crippen LogP contribution in [0.25, 0.3) is 0 Å². The van der Waals surface area contributed by atoms with Crippen molar-refractivity contribution in [2.45, 2.75) is 123 Å². The number of aliphatic hydroxyl groups is 1. The highest BCUT2D eigenvalue weighted by atomic mass is 16.3. The van der Waals surface area contributed by atoms with E-state index in [2.05, 4.69) is 12.2 Å². The van der Waals surface area contributed by atoms with Crippen LogP contribution < -0.4 is 5.32 Å². The van der Waals surface area contributed by atoms with E-state index in [1.165, 1.54) is 64.2 Å². The average Bonchev–Trinajstić information content (AvgIpc) is 2.42. The van der Waals surface area contributed by atoms with Crippen LogP contribution in [0.3, 0.4) is 0 Å². The van der Waals surface area contributed by atoms with E-state index < -0.39 is 6.10 Å². The standard InChI is InChI=1S/C20H41NO2/c1-5-6-7-8-9-10-11-12-13-14-15-16-18(22)17-19(23)21-20(2,3)4/h18,22H,5-17H2,1-4H3,(H,21,23). The van der Waals surface area contributed by atoms with Gasteiger partial charge < -0.3 is 10.4 Å². The number of rotatable bonds is 14. The molecule has 1 amide bonds. The van der Waals surface area contributed by atoms with E-state index >= 15 is 0 Å². The van der Waals surface area contributed by atoms with Gasteiger partial charge in [0.15, 0.2) is 0 Å². The van der Waals surface area contributed by atoms with Gasteiger partial charge in [0.2, 0.25) is 5.91 Å². The van der Waals surface area contributed by atoms with Crippen molar-refractivity contribution in [2.75, 3.05) is 0 Å². The fourth-order valence-corrected chi connectivity index (χ4v) is 2.83. The lowest BCUT2D eigenvalue weighted by molar-refractivity contribution is -0.124. The molecule has 0 aromatic carbocycles. The van der Waals surface area contributed by atoms with Gasteiger partial charge in [0.25, 0.3) is 0 Å². The zero-order chi connectivity index (χ0) is 17.6. The summed E-state index contributed by atoms with van der Waals surface area (Å²) in [5.74, 6) is -0.0481. The van der Waals surface area contributed by atoms with Crippen LogP contribution in [0.15, 0.2) is 0 Å². The second-order valence-corrected chi connectivity index (χ2v) is 7.98. The Bertz CT molecular complexity index is 284. The molecular weight excluding hydrogens is 286 g/mol. The zero-order valence-corrected chi connectivity index (χ0v) is 16.1. The molecule has 0 rings (SSSR count). The largest absolute Gasteiger partial charge is 0.393 e. The summed E-state index contributed by atoms with van der Waals surface area (Å²) in [6.07, 6.45) is 14.9. The fraction of sp³-hybridized carbons (Fsp3) is 0.950. The van der Waals surface area contributed by atoms with Crippen molar-refractivity contribution >= 4 is 5.91 Å². The van der Waals surface area contributed by atoms with E-state index in [1.54, 1.807) is 0 Å². The average molecular weight is 328 g/mol. The van der Waals surface area contributed by atoms with Crippen molar-refractivity contribution in [2.24, 2.45) is 0 Å². The van der Waals surface area contributed by atoms with E-state index in [1.807, 2.05) is 20.8 Å². The van der Waals surface area contributed by atoms with Gasteiger partial charge in [0, 0.05) is 5.54 Å². The summed E-state index contributed by atoms with van der Waals surface area (Å²) < 4.78 is 0. The lowest BCUT2D eigenvalue weighted by Gasteiger charge is -2.21. The van der Waals surface area contributed by atoms with Crippen LogP contribution in [0.1, 0.15) is 111 Å². The Morgan fingerprint density at radius 3 is 1.74 bits per heavy atom. The zero-order valence-electron chi connectivity index (χ0n) is 16.1. The molecule has 0 spiro atoms. The van der Waals surface area contributed by atoms with Gasteiger partial charge in [0.1, 0.15) is 0 Å². The first-order chi connectivity index (χ1) is 10.8. The highest BCUT2D eigenvalue weighted by molar-refractivity contribution is 5.77. The quantitative estimate of drug-likeness (QED) is 0.422. The summed E-state index contributed by atoms with van der Waals surface area (Å²) in [7, 11) is 0. The Morgan fingerprint density at radius 2 is 1.30 bits per heavy atom. The summed E-state index contributed by atoms with van der Waals surface area (Å²) in [5.41, 5.74) is -0.215. The third-order valence-electron chi connectivity index (χ3n) is 4.08. The molecule has 0 saturated carbocycles. The maximum Gasteiger partial charge on any atom is 0.222 e. The summed E-state index contributed by atoms with van der Waals surface area (Å²) in [6, 6.07) is 0. The molecule has 0 aliphatic carbocycles. The van der Waals surface area contributed by atoms with Gasteiger partial charge in [-0.1, -0.05) is 77.6 Å². The van der Waals surface area contributed by atoms with Gasteiger partial charge in [-0.2, -0.15) is 0 Å². The van der Waals surface area contributed by atoms with Crippen LogP contribution in [0, 0.1) is 0 Å². The van der Waals surface area contributed by atoms with E-state index in [-0.39, 0.29) is 17.9 Å². The van der Waals surface area contributed by atoms with Crippen molar-refractivity contribution in [3.8, 4) is 0 Å². The molecule has 0 aliphatic heterocycles. The first kappa shape index (κ1) is 22.4. The molecule has 0 saturated heterocycles. The lowest BCUT2D eigenvalue weighted by Crippen LogP contribution is -2.41. The molecule has 0 aromatic rings. The molecule has 0 radical (unpaired) electrons. The highest BCUT2D eigenvalue weighted by Gasteiger charge is 2.16. The number of aliphatic hydroxyl groups excluding tert-OH is 1. The molecule has 2 N–H and O–H groups in total. The van der Waals surface area contributed by atoms with Crippen LogP contribution in [-0.2, 0) is 4.79 Å². The Kier molecular flexibility index (Phi) is 13.5. The Hall–Kier alpha value is -0.570. The van der Waals surface area contributed by atoms with Gasteiger partial charge in [-0.15, -0.1) is 0 Å². The third kappa shape index (κ3) is 17.6. The normalized spacial score (nSPS) is 13.1. The predicted octanol–water partition coefficient (Wildman–Crippen LogP) is 5.35. The van der Waals surface area contributed by atoms with Crippen LogP contribution in [0.5, 0.6) is 0 Å². The van der Waals surface area contributed by atoms with Crippen molar-refractivity contribution in [3.63, 3.8) is 0 Å². The SMILES string of the molecule is CCCCCCCCCCCCCC(O)CC(=O)NC(C)(C)C. The molecular formula is C20H41NO2. The van der Waals surface area contributed by atoms with E-state index in [0.29, 0.717) is 0 Å². The Balaban J connectivity index is 3.36. The Labute approximate surface area is 144 Å². The number of amides is 1. The number of carbonyl (C=O) groups is 1. The third-order valence-corrected chi connectivity index (χ3v) is 4.08. The van der Waals surface area contributed by atoms with E-state index in [4.69, 9.17) is 0 Å². The molecule has 0 bridgehead atoms. The number of hydrogen-bond donors (Lipinski definition) is 2. The highest BCUT2D eigenvalue weighted by Crippen LogP contribution is 2.13. The molecule has 1 unspecified atom stereocenters. The topological polar surface area (TPSA) is 49.3 Å². The number of carbonyl (C=O) groups excluding carboxylic acids is 1. The maximum absolute atomic E-state index is 11.7. The monoisotopic (exact) mass is 327 g/mol. The Morgan fingerprint density at radius 1 is 0.870 bits per heavy atom. The minimum atomic E-state index is -0.490. The van der Waals surface area contributed by atoms with Crippen molar-refractivity contribution < 1.29 is 9.90 Å². The molecule has 0 heterocycles. The first-order valence-corrected chi connectivity index (χ1v) is 9.84. The van der Waals surface area contributed by atoms with E-state index in [0.717, 1.165) is 12.8 Å². The molecule has 138 valence electrons. The van der Waals surface area contributed by atoms with Gasteiger partial charge in [-0.3, -0.25) is 4.79 Å². The van der Waals surface area contributed by atoms with Gasteiger partial charge in [-0.25, -0.2) is 0 Å². The number of nitrogens with one attached hydrogen (secondary N) is 1. The van der Waals surface area contributed by atoms with Crippen molar-refractivity contribution in [3.05, 3.63) is 0 Å². The van der Waals surface area contributed by atoms with Gasteiger partial charge in [-0.05, 0) is 27.2 Å². The second kappa shape index (κ2) is 13.8. The minimum Gasteiger partial charge on any atom is -0.393 e. The van der Waals surface area contributed by atoms with Crippen LogP contribution >= 0.6 is 0 Å². The fourth-order valence-electron chi connectivity index (χ4n) is 2.83. The number of hydrogen-bond acceptors (Lipinski definition) is 2. The van der Waals surface area contributed by atoms with Crippen LogP contribution in [-0.4, -0.2) is 22.7 Å². The van der Waals surface area contributed by atoms with Crippen LogP contribution in [0.2, 0.25) is 0 Å². The summed E-state index contributed by atoms with van der Waals surface area (Å²) in [4.78, 5) is 11.7. The second-order valence-electron chi connectivity index (χ2n) is 7.98. The van der Waals surface area contributed by atoms with Gasteiger partial charge in [0.05, 0.1) is 12.5 Å². The van der Waals surface area contributed by atoms with Crippen LogP contribution in [0.4, 0.5) is 0 Å².